The molecule has 4 aromatic rings. The van der Waals surface area contributed by atoms with Gasteiger partial charge in [0.25, 0.3) is 5.56 Å². The van der Waals surface area contributed by atoms with E-state index in [0.717, 1.165) is 16.7 Å². The summed E-state index contributed by atoms with van der Waals surface area (Å²) in [5, 5.41) is 0.943. The third kappa shape index (κ3) is 7.54. The standard InChI is InChI=1S/C37H36Cl2N2O6S/c1-7-9-25-16-23(11-14-29(25)46-20-24-10-13-27(38)28(39)17-24)18-32-35(42)41-34(26-12-15-30(47-21(3)4)31(19-26)44-6)33(36(43)45-8-2)22(5)40-37(41)48-32/h7,10-19,21,34H,1,8-9,20H2,2-6H3/b32-18-/t34-/m1/s1. The number of ether oxygens (including phenoxy) is 4. The Balaban J connectivity index is 1.57. The fraction of sp³-hybridized carbons (Fsp3) is 0.270. The van der Waals surface area contributed by atoms with E-state index in [4.69, 9.17) is 42.1 Å². The van der Waals surface area contributed by atoms with Crippen LogP contribution in [0.5, 0.6) is 17.2 Å². The van der Waals surface area contributed by atoms with Gasteiger partial charge in [0, 0.05) is 0 Å². The molecule has 3 aromatic carbocycles. The molecule has 1 aliphatic rings. The first-order valence-electron chi connectivity index (χ1n) is 15.4. The van der Waals surface area contributed by atoms with Crippen molar-refractivity contribution >= 4 is 46.6 Å². The van der Waals surface area contributed by atoms with Crippen molar-refractivity contribution in [3.63, 3.8) is 0 Å². The number of carbonyl (C=O) groups is 1. The van der Waals surface area contributed by atoms with E-state index in [1.165, 1.54) is 11.3 Å². The maximum atomic E-state index is 14.2. The van der Waals surface area contributed by atoms with Crippen LogP contribution < -0.4 is 29.1 Å². The van der Waals surface area contributed by atoms with Gasteiger partial charge in [0.15, 0.2) is 16.3 Å². The first-order chi connectivity index (χ1) is 23.0. The average Bonchev–Trinajstić information content (AvgIpc) is 3.35. The van der Waals surface area contributed by atoms with Gasteiger partial charge < -0.3 is 18.9 Å². The molecule has 1 aromatic heterocycles. The number of fused-ring (bicyclic) bond motifs is 1. The van der Waals surface area contributed by atoms with Crippen LogP contribution >= 0.6 is 34.5 Å². The third-order valence-electron chi connectivity index (χ3n) is 7.51. The molecular formula is C37H36Cl2N2O6S. The Bertz CT molecular complexity index is 2080. The molecule has 0 spiro atoms. The van der Waals surface area contributed by atoms with Gasteiger partial charge in [-0.15, -0.1) is 6.58 Å². The summed E-state index contributed by atoms with van der Waals surface area (Å²) in [7, 11) is 1.55. The third-order valence-corrected chi connectivity index (χ3v) is 9.23. The minimum absolute atomic E-state index is 0.0742. The van der Waals surface area contributed by atoms with Crippen LogP contribution in [-0.4, -0.2) is 30.4 Å². The topological polar surface area (TPSA) is 88.4 Å². The van der Waals surface area contributed by atoms with Crippen molar-refractivity contribution in [1.82, 2.24) is 4.57 Å². The molecule has 0 saturated heterocycles. The average molecular weight is 708 g/mol. The molecule has 8 nitrogen and oxygen atoms in total. The highest BCUT2D eigenvalue weighted by molar-refractivity contribution is 7.07. The van der Waals surface area contributed by atoms with Crippen molar-refractivity contribution in [1.29, 1.82) is 0 Å². The van der Waals surface area contributed by atoms with Crippen molar-refractivity contribution in [2.75, 3.05) is 13.7 Å². The van der Waals surface area contributed by atoms with Gasteiger partial charge in [-0.25, -0.2) is 9.79 Å². The zero-order chi connectivity index (χ0) is 34.5. The van der Waals surface area contributed by atoms with E-state index in [2.05, 4.69) is 11.6 Å². The highest BCUT2D eigenvalue weighted by Gasteiger charge is 2.34. The lowest BCUT2D eigenvalue weighted by atomic mass is 9.95. The highest BCUT2D eigenvalue weighted by atomic mass is 35.5. The van der Waals surface area contributed by atoms with Crippen LogP contribution in [0.15, 0.2) is 88.3 Å². The number of halogens is 2. The van der Waals surface area contributed by atoms with Crippen molar-refractivity contribution in [2.45, 2.75) is 52.9 Å². The fourth-order valence-corrected chi connectivity index (χ4v) is 6.77. The SMILES string of the molecule is C=CCc1cc(/C=c2\sc3n(c2=O)[C@H](c2ccc(OC(C)C)c(OC)c2)C(C(=O)OCC)=C(C)N=3)ccc1OCc1ccc(Cl)c(Cl)c1. The largest absolute Gasteiger partial charge is 0.493 e. The molecule has 0 radical (unpaired) electrons. The van der Waals surface area contributed by atoms with Gasteiger partial charge in [0.1, 0.15) is 12.4 Å². The Hall–Kier alpha value is -4.31. The van der Waals surface area contributed by atoms with Gasteiger partial charge in [-0.05, 0) is 98.8 Å². The number of allylic oxidation sites excluding steroid dienone is 2. The molecule has 0 fully saturated rings. The predicted octanol–water partition coefficient (Wildman–Crippen LogP) is 7.21. The molecular weight excluding hydrogens is 671 g/mol. The van der Waals surface area contributed by atoms with E-state index < -0.39 is 12.0 Å². The fourth-order valence-electron chi connectivity index (χ4n) is 5.40. The van der Waals surface area contributed by atoms with Crippen LogP contribution in [0.25, 0.3) is 6.08 Å². The molecule has 1 aliphatic heterocycles. The lowest BCUT2D eigenvalue weighted by Gasteiger charge is -2.25. The van der Waals surface area contributed by atoms with Crippen molar-refractivity contribution in [3.05, 3.63) is 131 Å². The normalized spacial score (nSPS) is 14.4. The summed E-state index contributed by atoms with van der Waals surface area (Å²) < 4.78 is 25.1. The number of hydrogen-bond donors (Lipinski definition) is 0. The summed E-state index contributed by atoms with van der Waals surface area (Å²) >= 11 is 13.5. The monoisotopic (exact) mass is 706 g/mol. The Labute approximate surface area is 293 Å². The molecule has 0 saturated carbocycles. The number of nitrogens with zero attached hydrogens (tertiary/aromatic N) is 2. The minimum Gasteiger partial charge on any atom is -0.493 e. The van der Waals surface area contributed by atoms with Gasteiger partial charge in [0.2, 0.25) is 0 Å². The maximum Gasteiger partial charge on any atom is 0.338 e. The molecule has 1 atom stereocenters. The molecule has 48 heavy (non-hydrogen) atoms. The summed E-state index contributed by atoms with van der Waals surface area (Å²) in [5.41, 5.74) is 3.71. The smallest absolute Gasteiger partial charge is 0.338 e. The Morgan fingerprint density at radius 2 is 1.83 bits per heavy atom. The second kappa shape index (κ2) is 15.3. The van der Waals surface area contributed by atoms with Crippen molar-refractivity contribution in [3.8, 4) is 17.2 Å². The number of aromatic nitrogens is 1. The van der Waals surface area contributed by atoms with Crippen LogP contribution in [0, 0.1) is 0 Å². The zero-order valence-corrected chi connectivity index (χ0v) is 29.7. The maximum absolute atomic E-state index is 14.2. The molecule has 5 rings (SSSR count). The summed E-state index contributed by atoms with van der Waals surface area (Å²) in [6.45, 7) is 11.7. The molecule has 0 unspecified atom stereocenters. The van der Waals surface area contributed by atoms with Crippen LogP contribution in [0.1, 0.15) is 56.0 Å². The van der Waals surface area contributed by atoms with Gasteiger partial charge in [-0.3, -0.25) is 9.36 Å². The minimum atomic E-state index is -0.794. The second-order valence-electron chi connectivity index (χ2n) is 11.3. The summed E-state index contributed by atoms with van der Waals surface area (Å²) in [5.74, 6) is 1.19. The molecule has 250 valence electrons. The Morgan fingerprint density at radius 3 is 2.52 bits per heavy atom. The van der Waals surface area contributed by atoms with Crippen molar-refractivity contribution in [2.24, 2.45) is 4.99 Å². The number of thiazole rings is 1. The quantitative estimate of drug-likeness (QED) is 0.114. The zero-order valence-electron chi connectivity index (χ0n) is 27.3. The van der Waals surface area contributed by atoms with Crippen LogP contribution in [0.4, 0.5) is 0 Å². The Morgan fingerprint density at radius 1 is 1.06 bits per heavy atom. The van der Waals surface area contributed by atoms with Crippen LogP contribution in [0.2, 0.25) is 10.0 Å². The van der Waals surface area contributed by atoms with Gasteiger partial charge in [-0.1, -0.05) is 58.8 Å². The highest BCUT2D eigenvalue weighted by Crippen LogP contribution is 2.36. The lowest BCUT2D eigenvalue weighted by Crippen LogP contribution is -2.40. The van der Waals surface area contributed by atoms with Crippen LogP contribution in [-0.2, 0) is 22.6 Å². The van der Waals surface area contributed by atoms with E-state index >= 15 is 0 Å². The summed E-state index contributed by atoms with van der Waals surface area (Å²) in [6, 6.07) is 15.7. The number of carbonyl (C=O) groups excluding carboxylic acids is 1. The molecule has 11 heteroatoms. The number of rotatable bonds is 12. The van der Waals surface area contributed by atoms with Gasteiger partial charge in [0.05, 0.1) is 51.7 Å². The molecule has 0 amide bonds. The molecule has 2 heterocycles. The second-order valence-corrected chi connectivity index (χ2v) is 13.1. The van der Waals surface area contributed by atoms with Crippen molar-refractivity contribution < 1.29 is 23.7 Å². The van der Waals surface area contributed by atoms with Crippen LogP contribution in [0.3, 0.4) is 0 Å². The van der Waals surface area contributed by atoms with E-state index in [1.807, 2.05) is 50.3 Å². The summed E-state index contributed by atoms with van der Waals surface area (Å²) in [4.78, 5) is 32.7. The summed E-state index contributed by atoms with van der Waals surface area (Å²) in [6.07, 6.45) is 4.10. The number of methoxy groups -OCH3 is 1. The number of esters is 1. The number of hydrogen-bond acceptors (Lipinski definition) is 8. The van der Waals surface area contributed by atoms with E-state index in [1.54, 1.807) is 55.9 Å². The lowest BCUT2D eigenvalue weighted by molar-refractivity contribution is -0.139. The van der Waals surface area contributed by atoms with Gasteiger partial charge >= 0.3 is 5.97 Å². The molecule has 0 bridgehead atoms. The number of benzene rings is 3. The first-order valence-corrected chi connectivity index (χ1v) is 17.0. The van der Waals surface area contributed by atoms with E-state index in [0.29, 0.717) is 60.9 Å². The van der Waals surface area contributed by atoms with E-state index in [-0.39, 0.29) is 23.8 Å². The molecule has 0 N–H and O–H groups in total. The Kier molecular flexibility index (Phi) is 11.1. The first kappa shape index (κ1) is 35.0. The predicted molar refractivity (Wildman–Crippen MR) is 190 cm³/mol. The van der Waals surface area contributed by atoms with E-state index in [9.17, 15) is 9.59 Å². The molecule has 0 aliphatic carbocycles. The van der Waals surface area contributed by atoms with Gasteiger partial charge in [-0.2, -0.15) is 0 Å².